The van der Waals surface area contributed by atoms with E-state index in [9.17, 15) is 18.4 Å². The Morgan fingerprint density at radius 2 is 1.81 bits per heavy atom. The van der Waals surface area contributed by atoms with Crippen molar-refractivity contribution in [2.75, 3.05) is 5.32 Å². The molecular formula is C23H19F2N3O4. The molecule has 32 heavy (non-hydrogen) atoms. The number of benzene rings is 1. The predicted molar refractivity (Wildman–Crippen MR) is 112 cm³/mol. The molecule has 2 aliphatic rings. The van der Waals surface area contributed by atoms with E-state index in [0.717, 1.165) is 11.1 Å². The zero-order valence-corrected chi connectivity index (χ0v) is 17.3. The molecule has 1 aliphatic carbocycles. The Bertz CT molecular complexity index is 1310. The average Bonchev–Trinajstić information content (AvgIpc) is 3.46. The minimum atomic E-state index is -3.71. The third-order valence-electron chi connectivity index (χ3n) is 5.67. The van der Waals surface area contributed by atoms with Crippen molar-refractivity contribution < 1.29 is 23.0 Å². The molecule has 2 N–H and O–H groups in total. The van der Waals surface area contributed by atoms with E-state index in [1.54, 1.807) is 30.5 Å². The lowest BCUT2D eigenvalue weighted by atomic mass is 9.94. The number of carbonyl (C=O) groups is 1. The number of fused-ring (bicyclic) bond motifs is 1. The van der Waals surface area contributed by atoms with Crippen molar-refractivity contribution in [2.24, 2.45) is 0 Å². The van der Waals surface area contributed by atoms with E-state index in [4.69, 9.17) is 0 Å². The number of aryl methyl sites for hydroxylation is 2. The lowest BCUT2D eigenvalue weighted by Gasteiger charge is -2.16. The van der Waals surface area contributed by atoms with Gasteiger partial charge in [-0.1, -0.05) is 6.07 Å². The number of alkyl halides is 2. The molecule has 164 valence electrons. The van der Waals surface area contributed by atoms with Gasteiger partial charge in [0.25, 0.3) is 5.56 Å². The standard InChI is InChI=1S/C23H19F2N3O4/c1-12-8-16(15-7-13(2)11-26-20(15)29)27-19(9-12)28-21(30)22(5-6-22)14-3-4-17-18(10-14)32-23(24,25)31-17/h3-4,7-11H,5-6H2,1-2H3,(H,26,29)(H,27,28,30). The number of halogens is 2. The maximum Gasteiger partial charge on any atom is 0.586 e. The van der Waals surface area contributed by atoms with Gasteiger partial charge >= 0.3 is 6.29 Å². The summed E-state index contributed by atoms with van der Waals surface area (Å²) in [5.41, 5.74) is 1.98. The Morgan fingerprint density at radius 3 is 2.56 bits per heavy atom. The molecule has 7 nitrogen and oxygen atoms in total. The summed E-state index contributed by atoms with van der Waals surface area (Å²) in [6, 6.07) is 9.61. The number of ether oxygens (including phenoxy) is 2. The number of aromatic amines is 1. The molecule has 0 radical (unpaired) electrons. The SMILES string of the molecule is Cc1cc(NC(=O)C2(c3ccc4c(c3)OC(F)(F)O4)CC2)nc(-c2cc(C)c[nH]c2=O)c1. The second-order valence-electron chi connectivity index (χ2n) is 8.20. The maximum absolute atomic E-state index is 13.3. The Kier molecular flexibility index (Phi) is 4.34. The number of rotatable bonds is 4. The average molecular weight is 439 g/mol. The molecule has 0 atom stereocenters. The summed E-state index contributed by atoms with van der Waals surface area (Å²) in [5, 5.41) is 2.83. The highest BCUT2D eigenvalue weighted by atomic mass is 19.3. The lowest BCUT2D eigenvalue weighted by Crippen LogP contribution is -2.28. The summed E-state index contributed by atoms with van der Waals surface area (Å²) in [6.07, 6.45) is -0.978. The molecule has 2 aromatic heterocycles. The fraction of sp³-hybridized carbons (Fsp3) is 0.261. The molecule has 0 spiro atoms. The molecule has 0 bridgehead atoms. The Labute approximate surface area is 181 Å². The summed E-state index contributed by atoms with van der Waals surface area (Å²) < 4.78 is 35.6. The number of nitrogens with one attached hydrogen (secondary N) is 2. The lowest BCUT2D eigenvalue weighted by molar-refractivity contribution is -0.286. The minimum absolute atomic E-state index is 0.0664. The van der Waals surface area contributed by atoms with E-state index >= 15 is 0 Å². The monoisotopic (exact) mass is 439 g/mol. The number of amides is 1. The summed E-state index contributed by atoms with van der Waals surface area (Å²) in [4.78, 5) is 32.5. The molecule has 5 rings (SSSR count). The van der Waals surface area contributed by atoms with Crippen LogP contribution in [0.3, 0.4) is 0 Å². The van der Waals surface area contributed by atoms with E-state index in [0.29, 0.717) is 35.5 Å². The number of pyridine rings is 2. The van der Waals surface area contributed by atoms with Crippen LogP contribution in [0.2, 0.25) is 0 Å². The number of hydrogen-bond acceptors (Lipinski definition) is 5. The number of hydrogen-bond donors (Lipinski definition) is 2. The third-order valence-corrected chi connectivity index (χ3v) is 5.67. The first kappa shape index (κ1) is 20.2. The molecular weight excluding hydrogens is 420 g/mol. The van der Waals surface area contributed by atoms with Crippen LogP contribution in [0.5, 0.6) is 11.5 Å². The zero-order chi connectivity index (χ0) is 22.7. The summed E-state index contributed by atoms with van der Waals surface area (Å²) in [6.45, 7) is 3.70. The van der Waals surface area contributed by atoms with Crippen molar-refractivity contribution in [3.8, 4) is 22.8 Å². The van der Waals surface area contributed by atoms with E-state index < -0.39 is 11.7 Å². The molecule has 0 saturated heterocycles. The normalized spacial score (nSPS) is 17.1. The highest BCUT2D eigenvalue weighted by molar-refractivity contribution is 6.01. The first-order chi connectivity index (χ1) is 15.1. The van der Waals surface area contributed by atoms with Gasteiger partial charge in [-0.05, 0) is 73.7 Å². The first-order valence-electron chi connectivity index (χ1n) is 10.1. The smallest absolute Gasteiger partial charge is 0.395 e. The van der Waals surface area contributed by atoms with Gasteiger partial charge in [-0.25, -0.2) is 4.98 Å². The van der Waals surface area contributed by atoms with Crippen LogP contribution in [0.25, 0.3) is 11.3 Å². The van der Waals surface area contributed by atoms with Crippen LogP contribution in [0.15, 0.2) is 47.4 Å². The van der Waals surface area contributed by atoms with Crippen LogP contribution in [0, 0.1) is 13.8 Å². The quantitative estimate of drug-likeness (QED) is 0.640. The molecule has 0 unspecified atom stereocenters. The Morgan fingerprint density at radius 1 is 1.06 bits per heavy atom. The highest BCUT2D eigenvalue weighted by Gasteiger charge is 2.53. The molecule has 1 amide bonds. The molecule has 1 fully saturated rings. The van der Waals surface area contributed by atoms with Gasteiger partial charge in [0.05, 0.1) is 16.7 Å². The fourth-order valence-electron chi connectivity index (χ4n) is 3.91. The van der Waals surface area contributed by atoms with Crippen molar-refractivity contribution in [1.29, 1.82) is 0 Å². The summed E-state index contributed by atoms with van der Waals surface area (Å²) in [5.74, 6) is -0.153. The van der Waals surface area contributed by atoms with Gasteiger partial charge in [-0.2, -0.15) is 0 Å². The number of anilines is 1. The van der Waals surface area contributed by atoms with Crippen LogP contribution < -0.4 is 20.3 Å². The number of aromatic nitrogens is 2. The topological polar surface area (TPSA) is 93.3 Å². The molecule has 1 aliphatic heterocycles. The zero-order valence-electron chi connectivity index (χ0n) is 17.3. The summed E-state index contributed by atoms with van der Waals surface area (Å²) in [7, 11) is 0. The van der Waals surface area contributed by atoms with Gasteiger partial charge in [0.2, 0.25) is 5.91 Å². The third kappa shape index (κ3) is 3.49. The van der Waals surface area contributed by atoms with Gasteiger partial charge in [-0.15, -0.1) is 8.78 Å². The van der Waals surface area contributed by atoms with Gasteiger partial charge in [-0.3, -0.25) is 9.59 Å². The molecule has 9 heteroatoms. The van der Waals surface area contributed by atoms with Crippen LogP contribution in [-0.2, 0) is 10.2 Å². The van der Waals surface area contributed by atoms with Crippen molar-refractivity contribution in [3.05, 3.63) is 69.6 Å². The van der Waals surface area contributed by atoms with Crippen LogP contribution in [0.4, 0.5) is 14.6 Å². The first-order valence-corrected chi connectivity index (χ1v) is 10.1. The van der Waals surface area contributed by atoms with E-state index in [2.05, 4.69) is 24.8 Å². The number of carbonyl (C=O) groups excluding carboxylic acids is 1. The van der Waals surface area contributed by atoms with Gasteiger partial charge in [0.15, 0.2) is 11.5 Å². The predicted octanol–water partition coefficient (Wildman–Crippen LogP) is 4.05. The highest BCUT2D eigenvalue weighted by Crippen LogP contribution is 2.52. The summed E-state index contributed by atoms with van der Waals surface area (Å²) >= 11 is 0. The van der Waals surface area contributed by atoms with Crippen LogP contribution >= 0.6 is 0 Å². The maximum atomic E-state index is 13.3. The molecule has 3 heterocycles. The van der Waals surface area contributed by atoms with E-state index in [-0.39, 0.29) is 23.0 Å². The van der Waals surface area contributed by atoms with Gasteiger partial charge in [0, 0.05) is 6.20 Å². The van der Waals surface area contributed by atoms with Crippen molar-refractivity contribution in [3.63, 3.8) is 0 Å². The largest absolute Gasteiger partial charge is 0.586 e. The second-order valence-corrected chi connectivity index (χ2v) is 8.20. The second kappa shape index (κ2) is 6.88. The van der Waals surface area contributed by atoms with Crippen LogP contribution in [-0.4, -0.2) is 22.2 Å². The van der Waals surface area contributed by atoms with Gasteiger partial charge in [0.1, 0.15) is 5.82 Å². The molecule has 3 aromatic rings. The molecule has 1 aromatic carbocycles. The number of nitrogens with zero attached hydrogens (tertiary/aromatic N) is 1. The minimum Gasteiger partial charge on any atom is -0.395 e. The van der Waals surface area contributed by atoms with Crippen molar-refractivity contribution in [2.45, 2.75) is 38.4 Å². The van der Waals surface area contributed by atoms with Crippen molar-refractivity contribution in [1.82, 2.24) is 9.97 Å². The van der Waals surface area contributed by atoms with Gasteiger partial charge < -0.3 is 19.8 Å². The molecule has 1 saturated carbocycles. The Hall–Kier alpha value is -3.75. The fourth-order valence-corrected chi connectivity index (χ4v) is 3.91. The Balaban J connectivity index is 1.43. The van der Waals surface area contributed by atoms with Crippen molar-refractivity contribution >= 4 is 11.7 Å². The van der Waals surface area contributed by atoms with E-state index in [1.165, 1.54) is 12.1 Å². The number of H-pyrrole nitrogens is 1. The van der Waals surface area contributed by atoms with Crippen LogP contribution in [0.1, 0.15) is 29.5 Å². The van der Waals surface area contributed by atoms with E-state index in [1.807, 2.05) is 13.8 Å².